The van der Waals surface area contributed by atoms with E-state index in [0.29, 0.717) is 19.3 Å². The number of fused-ring (bicyclic) bond motifs is 1. The highest BCUT2D eigenvalue weighted by Gasteiger charge is 2.60. The lowest BCUT2D eigenvalue weighted by Crippen LogP contribution is -2.61. The number of rotatable bonds is 7. The lowest BCUT2D eigenvalue weighted by Gasteiger charge is -2.43. The van der Waals surface area contributed by atoms with E-state index in [9.17, 15) is 14.4 Å². The van der Waals surface area contributed by atoms with Crippen molar-refractivity contribution < 1.29 is 42.8 Å². The molecular formula is C22H32O9. The Morgan fingerprint density at radius 2 is 1.71 bits per heavy atom. The average Bonchev–Trinajstić information content (AvgIpc) is 3.05. The van der Waals surface area contributed by atoms with Crippen molar-refractivity contribution in [2.45, 2.75) is 102 Å². The van der Waals surface area contributed by atoms with Crippen LogP contribution in [-0.2, 0) is 42.8 Å². The van der Waals surface area contributed by atoms with Gasteiger partial charge < -0.3 is 28.4 Å². The third-order valence-electron chi connectivity index (χ3n) is 5.82. The molecule has 1 aliphatic carbocycles. The summed E-state index contributed by atoms with van der Waals surface area (Å²) in [5.41, 5.74) is 0. The second-order valence-electron chi connectivity index (χ2n) is 8.32. The van der Waals surface area contributed by atoms with Gasteiger partial charge in [-0.15, -0.1) is 6.58 Å². The minimum absolute atomic E-state index is 0.182. The monoisotopic (exact) mass is 440 g/mol. The number of hydrogen-bond acceptors (Lipinski definition) is 9. The summed E-state index contributed by atoms with van der Waals surface area (Å²) in [6.07, 6.45) is 2.26. The van der Waals surface area contributed by atoms with Crippen LogP contribution in [0.3, 0.4) is 0 Å². The van der Waals surface area contributed by atoms with Gasteiger partial charge in [0, 0.05) is 33.6 Å². The second kappa shape index (κ2) is 10.1. The summed E-state index contributed by atoms with van der Waals surface area (Å²) in [5, 5.41) is 0. The fraction of sp³-hybridized carbons (Fsp3) is 0.773. The van der Waals surface area contributed by atoms with Crippen molar-refractivity contribution in [3.05, 3.63) is 12.7 Å². The molecule has 3 aliphatic rings. The van der Waals surface area contributed by atoms with E-state index in [1.54, 1.807) is 6.08 Å². The van der Waals surface area contributed by atoms with E-state index in [0.717, 1.165) is 19.3 Å². The molecule has 9 nitrogen and oxygen atoms in total. The van der Waals surface area contributed by atoms with Crippen LogP contribution in [0.25, 0.3) is 0 Å². The minimum atomic E-state index is -0.901. The largest absolute Gasteiger partial charge is 0.462 e. The molecule has 3 rings (SSSR count). The summed E-state index contributed by atoms with van der Waals surface area (Å²) in [5.74, 6) is -2.29. The van der Waals surface area contributed by atoms with E-state index in [2.05, 4.69) is 6.58 Å². The van der Waals surface area contributed by atoms with Crippen molar-refractivity contribution in [3.8, 4) is 0 Å². The van der Waals surface area contributed by atoms with E-state index < -0.39 is 60.3 Å². The fourth-order valence-electron chi connectivity index (χ4n) is 4.66. The van der Waals surface area contributed by atoms with Gasteiger partial charge in [0.25, 0.3) is 0 Å². The summed E-state index contributed by atoms with van der Waals surface area (Å²) in [4.78, 5) is 35.0. The highest BCUT2D eigenvalue weighted by atomic mass is 16.8. The predicted molar refractivity (Wildman–Crippen MR) is 107 cm³/mol. The Hall–Kier alpha value is -1.97. The molecule has 0 aromatic rings. The first-order valence-corrected chi connectivity index (χ1v) is 10.8. The van der Waals surface area contributed by atoms with Crippen LogP contribution in [-0.4, -0.2) is 66.9 Å². The van der Waals surface area contributed by atoms with Gasteiger partial charge in [-0.05, 0) is 19.3 Å². The SMILES string of the molecule is C=CCC1OC(C(COC(C)=O)OC(C)=O)C2OC3(CCCCC3)OC2C1OC(C)=O. The smallest absolute Gasteiger partial charge is 0.303 e. The van der Waals surface area contributed by atoms with Crippen molar-refractivity contribution in [3.63, 3.8) is 0 Å². The van der Waals surface area contributed by atoms with Crippen LogP contribution in [0.15, 0.2) is 12.7 Å². The zero-order chi connectivity index (χ0) is 22.6. The maximum absolute atomic E-state index is 11.8. The quantitative estimate of drug-likeness (QED) is 0.334. The highest BCUT2D eigenvalue weighted by molar-refractivity contribution is 5.67. The maximum Gasteiger partial charge on any atom is 0.303 e. The third-order valence-corrected chi connectivity index (χ3v) is 5.82. The molecule has 3 fully saturated rings. The molecule has 6 unspecified atom stereocenters. The number of carbonyl (C=O) groups is 3. The van der Waals surface area contributed by atoms with Crippen molar-refractivity contribution in [1.29, 1.82) is 0 Å². The van der Waals surface area contributed by atoms with Crippen molar-refractivity contribution in [1.82, 2.24) is 0 Å². The molecule has 6 atom stereocenters. The van der Waals surface area contributed by atoms with Crippen LogP contribution in [0.1, 0.15) is 59.3 Å². The number of ether oxygens (including phenoxy) is 6. The maximum atomic E-state index is 11.8. The van der Waals surface area contributed by atoms with Gasteiger partial charge in [0.2, 0.25) is 0 Å². The van der Waals surface area contributed by atoms with Gasteiger partial charge in [-0.2, -0.15) is 0 Å². The van der Waals surface area contributed by atoms with E-state index in [1.807, 2.05) is 0 Å². The molecule has 31 heavy (non-hydrogen) atoms. The molecule has 2 heterocycles. The molecule has 174 valence electrons. The lowest BCUT2D eigenvalue weighted by molar-refractivity contribution is -0.232. The van der Waals surface area contributed by atoms with Crippen LogP contribution >= 0.6 is 0 Å². The third kappa shape index (κ3) is 5.64. The minimum Gasteiger partial charge on any atom is -0.462 e. The zero-order valence-corrected chi connectivity index (χ0v) is 18.4. The Kier molecular flexibility index (Phi) is 7.72. The number of carbonyl (C=O) groups excluding carboxylic acids is 3. The summed E-state index contributed by atoms with van der Waals surface area (Å²) in [7, 11) is 0. The summed E-state index contributed by atoms with van der Waals surface area (Å²) in [6.45, 7) is 7.47. The predicted octanol–water partition coefficient (Wildman–Crippen LogP) is 2.20. The highest BCUT2D eigenvalue weighted by Crippen LogP contribution is 2.46. The Morgan fingerprint density at radius 1 is 1.03 bits per heavy atom. The molecule has 0 bridgehead atoms. The van der Waals surface area contributed by atoms with E-state index in [4.69, 9.17) is 28.4 Å². The van der Waals surface area contributed by atoms with Crippen LogP contribution in [0, 0.1) is 0 Å². The Bertz CT molecular complexity index is 684. The summed E-state index contributed by atoms with van der Waals surface area (Å²) in [6, 6.07) is 0. The Labute approximate surface area is 182 Å². The fourth-order valence-corrected chi connectivity index (χ4v) is 4.66. The topological polar surface area (TPSA) is 107 Å². The van der Waals surface area contributed by atoms with Gasteiger partial charge in [0.15, 0.2) is 18.0 Å². The standard InChI is InChI=1S/C22H32O9/c1-5-9-16-18(28-15(4)25)20-21(31-22(30-20)10-7-6-8-11-22)19(29-16)17(27-14(3)24)12-26-13(2)23/h5,16-21H,1,6-12H2,2-4H3. The van der Waals surface area contributed by atoms with Gasteiger partial charge in [-0.3, -0.25) is 14.4 Å². The van der Waals surface area contributed by atoms with Gasteiger partial charge in [0.05, 0.1) is 0 Å². The van der Waals surface area contributed by atoms with E-state index >= 15 is 0 Å². The first-order chi connectivity index (χ1) is 14.7. The molecule has 0 amide bonds. The molecule has 2 saturated heterocycles. The van der Waals surface area contributed by atoms with Crippen LogP contribution in [0.2, 0.25) is 0 Å². The first kappa shape index (κ1) is 23.7. The van der Waals surface area contributed by atoms with Crippen LogP contribution in [0.5, 0.6) is 0 Å². The van der Waals surface area contributed by atoms with E-state index in [1.165, 1.54) is 20.8 Å². The molecule has 1 spiro atoms. The normalized spacial score (nSPS) is 32.5. The van der Waals surface area contributed by atoms with Gasteiger partial charge in [0.1, 0.15) is 31.0 Å². The summed E-state index contributed by atoms with van der Waals surface area (Å²) < 4.78 is 35.3. The number of hydrogen-bond donors (Lipinski definition) is 0. The average molecular weight is 440 g/mol. The van der Waals surface area contributed by atoms with Gasteiger partial charge >= 0.3 is 17.9 Å². The van der Waals surface area contributed by atoms with Crippen LogP contribution < -0.4 is 0 Å². The second-order valence-corrected chi connectivity index (χ2v) is 8.32. The molecule has 1 saturated carbocycles. The molecule has 0 aromatic carbocycles. The molecule has 9 heteroatoms. The van der Waals surface area contributed by atoms with Crippen molar-refractivity contribution in [2.24, 2.45) is 0 Å². The molecule has 0 radical (unpaired) electrons. The summed E-state index contributed by atoms with van der Waals surface area (Å²) >= 11 is 0. The molecular weight excluding hydrogens is 408 g/mol. The van der Waals surface area contributed by atoms with Crippen molar-refractivity contribution in [2.75, 3.05) is 6.61 Å². The van der Waals surface area contributed by atoms with E-state index in [-0.39, 0.29) is 6.61 Å². The first-order valence-electron chi connectivity index (χ1n) is 10.8. The Balaban J connectivity index is 1.93. The van der Waals surface area contributed by atoms with Crippen LogP contribution in [0.4, 0.5) is 0 Å². The Morgan fingerprint density at radius 3 is 2.29 bits per heavy atom. The van der Waals surface area contributed by atoms with Gasteiger partial charge in [-0.1, -0.05) is 12.5 Å². The molecule has 2 aliphatic heterocycles. The molecule has 0 N–H and O–H groups in total. The van der Waals surface area contributed by atoms with Gasteiger partial charge in [-0.25, -0.2) is 0 Å². The molecule has 0 aromatic heterocycles. The van der Waals surface area contributed by atoms with Crippen molar-refractivity contribution >= 4 is 17.9 Å². The zero-order valence-electron chi connectivity index (χ0n) is 18.4. The lowest BCUT2D eigenvalue weighted by atomic mass is 9.90. The number of esters is 3.